The van der Waals surface area contributed by atoms with Crippen molar-refractivity contribution in [2.45, 2.75) is 43.7 Å². The van der Waals surface area contributed by atoms with Crippen LogP contribution in [0, 0.1) is 6.92 Å². The van der Waals surface area contributed by atoms with Crippen LogP contribution in [0.25, 0.3) is 10.9 Å². The molecule has 2 aromatic rings. The number of fused-ring (bicyclic) bond motifs is 1. The molecule has 1 heterocycles. The number of sulfone groups is 1. The molecule has 1 aromatic heterocycles. The van der Waals surface area contributed by atoms with E-state index in [0.29, 0.717) is 0 Å². The molecule has 0 atom stereocenters. The van der Waals surface area contributed by atoms with E-state index < -0.39 is 31.9 Å². The number of carbonyl (C=O) groups is 1. The zero-order valence-electron chi connectivity index (χ0n) is 13.4. The van der Waals surface area contributed by atoms with Gasteiger partial charge in [0.25, 0.3) is 9.84 Å². The number of aromatic nitrogens is 1. The molecule has 9 heteroatoms. The summed E-state index contributed by atoms with van der Waals surface area (Å²) in [5, 5.41) is -0.182. The third-order valence-corrected chi connectivity index (χ3v) is 4.70. The van der Waals surface area contributed by atoms with E-state index >= 15 is 0 Å². The molecule has 132 valence electrons. The molecule has 0 fully saturated rings. The van der Waals surface area contributed by atoms with Crippen molar-refractivity contribution in [3.8, 4) is 0 Å². The van der Waals surface area contributed by atoms with Gasteiger partial charge in [-0.05, 0) is 45.9 Å². The third kappa shape index (κ3) is 3.12. The summed E-state index contributed by atoms with van der Waals surface area (Å²) < 4.78 is 68.3. The normalized spacial score (nSPS) is 13.3. The van der Waals surface area contributed by atoms with E-state index in [1.54, 1.807) is 20.8 Å². The van der Waals surface area contributed by atoms with Crippen molar-refractivity contribution in [3.05, 3.63) is 30.0 Å². The number of halogens is 3. The summed E-state index contributed by atoms with van der Waals surface area (Å²) in [6.07, 6.45) is -0.795. The van der Waals surface area contributed by atoms with Crippen LogP contribution in [-0.4, -0.2) is 30.2 Å². The molecule has 2 rings (SSSR count). The second kappa shape index (κ2) is 5.51. The van der Waals surface area contributed by atoms with Gasteiger partial charge in [-0.2, -0.15) is 13.2 Å². The van der Waals surface area contributed by atoms with Crippen LogP contribution in [0.15, 0.2) is 29.2 Å². The van der Waals surface area contributed by atoms with Crippen LogP contribution in [0.3, 0.4) is 0 Å². The summed E-state index contributed by atoms with van der Waals surface area (Å²) in [6, 6.07) is 4.60. The van der Waals surface area contributed by atoms with Gasteiger partial charge in [0.1, 0.15) is 5.60 Å². The van der Waals surface area contributed by atoms with E-state index in [1.165, 1.54) is 19.1 Å². The Kier molecular flexibility index (Phi) is 4.20. The quantitative estimate of drug-likeness (QED) is 0.767. The molecule has 0 unspecified atom stereocenters. The van der Waals surface area contributed by atoms with E-state index in [1.807, 2.05) is 0 Å². The van der Waals surface area contributed by atoms with Crippen LogP contribution in [0.2, 0.25) is 0 Å². The molecule has 0 spiro atoms. The Hall–Kier alpha value is -2.03. The number of benzene rings is 1. The predicted octanol–water partition coefficient (Wildman–Crippen LogP) is 4.03. The van der Waals surface area contributed by atoms with E-state index in [4.69, 9.17) is 4.74 Å². The van der Waals surface area contributed by atoms with E-state index in [2.05, 4.69) is 0 Å². The number of nitrogens with zero attached hydrogens (tertiary/aromatic N) is 1. The van der Waals surface area contributed by atoms with Crippen molar-refractivity contribution in [1.82, 2.24) is 4.57 Å². The summed E-state index contributed by atoms with van der Waals surface area (Å²) in [7, 11) is -5.53. The molecule has 0 aliphatic heterocycles. The smallest absolute Gasteiger partial charge is 0.443 e. The Labute approximate surface area is 136 Å². The minimum atomic E-state index is -5.53. The maximum atomic E-state index is 12.8. The number of hydrogen-bond donors (Lipinski definition) is 0. The molecule has 0 radical (unpaired) electrons. The first-order valence-electron chi connectivity index (χ1n) is 6.91. The molecule has 0 N–H and O–H groups in total. The molecule has 5 nitrogen and oxygen atoms in total. The third-order valence-electron chi connectivity index (χ3n) is 3.16. The molecule has 0 aliphatic carbocycles. The largest absolute Gasteiger partial charge is 0.501 e. The highest BCUT2D eigenvalue weighted by Gasteiger charge is 2.47. The van der Waals surface area contributed by atoms with Gasteiger partial charge in [-0.3, -0.25) is 0 Å². The van der Waals surface area contributed by atoms with E-state index in [-0.39, 0.29) is 16.6 Å². The Morgan fingerprint density at radius 1 is 1.17 bits per heavy atom. The maximum absolute atomic E-state index is 12.8. The van der Waals surface area contributed by atoms with Crippen LogP contribution in [0.1, 0.15) is 26.5 Å². The van der Waals surface area contributed by atoms with Gasteiger partial charge in [0, 0.05) is 11.1 Å². The van der Waals surface area contributed by atoms with E-state index in [9.17, 15) is 26.4 Å². The first-order chi connectivity index (χ1) is 10.8. The SMILES string of the molecule is Cc1cc2c(S(=O)(=O)C(F)(F)F)cccc2n1C(=O)OC(C)(C)C. The van der Waals surface area contributed by atoms with E-state index in [0.717, 1.165) is 16.7 Å². The summed E-state index contributed by atoms with van der Waals surface area (Å²) in [4.78, 5) is 11.4. The first-order valence-corrected chi connectivity index (χ1v) is 8.40. The topological polar surface area (TPSA) is 65.4 Å². The minimum Gasteiger partial charge on any atom is -0.443 e. The van der Waals surface area contributed by atoms with Gasteiger partial charge in [0.2, 0.25) is 0 Å². The highest BCUT2D eigenvalue weighted by atomic mass is 32.2. The average molecular weight is 363 g/mol. The molecule has 0 amide bonds. The zero-order chi connectivity index (χ0) is 18.5. The number of carbonyl (C=O) groups excluding carboxylic acids is 1. The predicted molar refractivity (Wildman–Crippen MR) is 81.5 cm³/mol. The molecule has 0 saturated heterocycles. The van der Waals surface area contributed by atoms with Crippen LogP contribution in [-0.2, 0) is 14.6 Å². The summed E-state index contributed by atoms with van der Waals surface area (Å²) in [5.41, 5.74) is -5.94. The fourth-order valence-corrected chi connectivity index (χ4v) is 3.20. The minimum absolute atomic E-state index is 0.0343. The van der Waals surface area contributed by atoms with Crippen molar-refractivity contribution < 1.29 is 31.1 Å². The molecular weight excluding hydrogens is 347 g/mol. The van der Waals surface area contributed by atoms with Gasteiger partial charge >= 0.3 is 11.6 Å². The first kappa shape index (κ1) is 18.3. The summed E-state index contributed by atoms with van der Waals surface area (Å²) >= 11 is 0. The molecule has 0 bridgehead atoms. The molecule has 24 heavy (non-hydrogen) atoms. The Bertz CT molecular complexity index is 905. The molecular formula is C15H16F3NO4S. The molecule has 0 saturated carbocycles. The second-order valence-corrected chi connectivity index (χ2v) is 8.15. The van der Waals surface area contributed by atoms with Crippen molar-refractivity contribution in [2.24, 2.45) is 0 Å². The fraction of sp³-hybridized carbons (Fsp3) is 0.400. The van der Waals surface area contributed by atoms with Gasteiger partial charge in [0.05, 0.1) is 10.4 Å². The lowest BCUT2D eigenvalue weighted by atomic mass is 10.2. The summed E-state index contributed by atoms with van der Waals surface area (Å²) in [5.74, 6) is 0. The zero-order valence-corrected chi connectivity index (χ0v) is 14.2. The van der Waals surface area contributed by atoms with Crippen molar-refractivity contribution in [2.75, 3.05) is 0 Å². The van der Waals surface area contributed by atoms with Crippen LogP contribution in [0.4, 0.5) is 18.0 Å². The number of alkyl halides is 3. The monoisotopic (exact) mass is 363 g/mol. The number of ether oxygens (including phenoxy) is 1. The van der Waals surface area contributed by atoms with Crippen molar-refractivity contribution in [1.29, 1.82) is 0 Å². The van der Waals surface area contributed by atoms with Gasteiger partial charge < -0.3 is 4.74 Å². The fourth-order valence-electron chi connectivity index (χ4n) is 2.24. The molecule has 0 aliphatic rings. The van der Waals surface area contributed by atoms with Crippen LogP contribution >= 0.6 is 0 Å². The average Bonchev–Trinajstić information content (AvgIpc) is 2.70. The van der Waals surface area contributed by atoms with Crippen LogP contribution < -0.4 is 0 Å². The Balaban J connectivity index is 2.71. The Morgan fingerprint density at radius 2 is 1.75 bits per heavy atom. The van der Waals surface area contributed by atoms with Gasteiger partial charge in [-0.1, -0.05) is 6.07 Å². The lowest BCUT2D eigenvalue weighted by molar-refractivity contribution is -0.0435. The second-order valence-electron chi connectivity index (χ2n) is 6.24. The lowest BCUT2D eigenvalue weighted by Crippen LogP contribution is -2.27. The highest BCUT2D eigenvalue weighted by Crippen LogP contribution is 2.35. The maximum Gasteiger partial charge on any atom is 0.501 e. The summed E-state index contributed by atoms with van der Waals surface area (Å²) in [6.45, 7) is 6.41. The van der Waals surface area contributed by atoms with Crippen molar-refractivity contribution in [3.63, 3.8) is 0 Å². The number of hydrogen-bond acceptors (Lipinski definition) is 4. The van der Waals surface area contributed by atoms with Gasteiger partial charge in [-0.15, -0.1) is 0 Å². The number of aryl methyl sites for hydroxylation is 1. The Morgan fingerprint density at radius 3 is 2.25 bits per heavy atom. The highest BCUT2D eigenvalue weighted by molar-refractivity contribution is 7.92. The van der Waals surface area contributed by atoms with Crippen molar-refractivity contribution >= 4 is 26.8 Å². The number of rotatable bonds is 1. The standard InChI is InChI=1S/C15H16F3NO4S/c1-9-8-10-11(19(9)13(20)23-14(2,3)4)6-5-7-12(10)24(21,22)15(16,17)18/h5-8H,1-4H3. The van der Waals surface area contributed by atoms with Gasteiger partial charge in [0.15, 0.2) is 0 Å². The van der Waals surface area contributed by atoms with Gasteiger partial charge in [-0.25, -0.2) is 17.8 Å². The van der Waals surface area contributed by atoms with Crippen LogP contribution in [0.5, 0.6) is 0 Å². The lowest BCUT2D eigenvalue weighted by Gasteiger charge is -2.20. The molecule has 1 aromatic carbocycles.